The fourth-order valence-electron chi connectivity index (χ4n) is 5.90. The second-order valence-electron chi connectivity index (χ2n) is 12.8. The van der Waals surface area contributed by atoms with E-state index in [2.05, 4.69) is 17.0 Å². The van der Waals surface area contributed by atoms with Crippen LogP contribution in [0.2, 0.25) is 5.02 Å². The second kappa shape index (κ2) is 20.6. The molecule has 298 valence electrons. The van der Waals surface area contributed by atoms with Gasteiger partial charge in [-0.1, -0.05) is 43.1 Å². The number of aliphatic carboxylic acids is 2. The molecule has 2 heterocycles. The number of guanidine groups is 1. The number of rotatable bonds is 18. The van der Waals surface area contributed by atoms with Crippen molar-refractivity contribution in [1.82, 2.24) is 9.78 Å². The van der Waals surface area contributed by atoms with Crippen molar-refractivity contribution >= 4 is 41.5 Å². The first kappa shape index (κ1) is 42.7. The van der Waals surface area contributed by atoms with Gasteiger partial charge in [-0.15, -0.1) is 0 Å². The number of carboxylic acid groups (broad SMARTS) is 3. The summed E-state index contributed by atoms with van der Waals surface area (Å²) in [4.78, 5) is 38.2. The molecule has 0 saturated heterocycles. The minimum Gasteiger partial charge on any atom is -0.496 e. The summed E-state index contributed by atoms with van der Waals surface area (Å²) < 4.78 is 19.4. The Balaban J connectivity index is 0.000000501. The van der Waals surface area contributed by atoms with Gasteiger partial charge in [0.2, 0.25) is 0 Å². The summed E-state index contributed by atoms with van der Waals surface area (Å²) in [7, 11) is 1.57. The normalized spacial score (nSPS) is 12.4. The van der Waals surface area contributed by atoms with E-state index in [0.717, 1.165) is 30.6 Å². The summed E-state index contributed by atoms with van der Waals surface area (Å²) >= 11 is 6.38. The Morgan fingerprint density at radius 3 is 2.50 bits per heavy atom. The fraction of sp³-hybridized carbons (Fsp3) is 0.325. The van der Waals surface area contributed by atoms with Crippen LogP contribution in [0.25, 0.3) is 17.3 Å². The largest absolute Gasteiger partial charge is 0.496 e. The molecule has 0 saturated carbocycles. The number of nitrogens with two attached hydrogens (primary N) is 3. The zero-order chi connectivity index (χ0) is 40.8. The molecule has 5 rings (SSSR count). The summed E-state index contributed by atoms with van der Waals surface area (Å²) in [6.45, 7) is 3.67. The van der Waals surface area contributed by atoms with Crippen LogP contribution in [-0.2, 0) is 35.6 Å². The number of ether oxygens (including phenoxy) is 3. The zero-order valence-electron chi connectivity index (χ0n) is 31.2. The summed E-state index contributed by atoms with van der Waals surface area (Å²) in [5.74, 6) is -1.34. The quantitative estimate of drug-likeness (QED) is 0.0321. The lowest BCUT2D eigenvalue weighted by Gasteiger charge is -2.16. The molecule has 9 N–H and O–H groups in total. The molecule has 16 heteroatoms. The molecule has 56 heavy (non-hydrogen) atoms. The predicted molar refractivity (Wildman–Crippen MR) is 212 cm³/mol. The number of aromatic carboxylic acids is 1. The SMILES string of the molecule is CCCCn1ncc(/C=C(\Cc2cc3c(cc2OC)CCO3)C(=O)O)c1-c1ccc(Cl)cc1OCc1ccccc1C(=O)O.NC(N)=NCCC[C@H](N)C(=O)O. The Hall–Kier alpha value is -6.06. The number of aryl methyl sites for hydroxylation is 1. The third kappa shape index (κ3) is 11.7. The number of hydrogen-bond acceptors (Lipinski definition) is 9. The number of halogens is 1. The third-order valence-electron chi connectivity index (χ3n) is 8.78. The molecule has 0 bridgehead atoms. The van der Waals surface area contributed by atoms with E-state index in [0.29, 0.717) is 77.0 Å². The number of aromatic nitrogens is 2. The van der Waals surface area contributed by atoms with Crippen molar-refractivity contribution in [3.05, 3.63) is 99.2 Å². The molecule has 3 aromatic carbocycles. The zero-order valence-corrected chi connectivity index (χ0v) is 32.0. The molecular weight excluding hydrogens is 744 g/mol. The van der Waals surface area contributed by atoms with Crippen molar-refractivity contribution in [2.75, 3.05) is 20.3 Å². The van der Waals surface area contributed by atoms with Crippen LogP contribution in [0, 0.1) is 0 Å². The highest BCUT2D eigenvalue weighted by atomic mass is 35.5. The minimum atomic E-state index is -1.07. The van der Waals surface area contributed by atoms with Gasteiger partial charge in [0, 0.05) is 64.3 Å². The maximum absolute atomic E-state index is 12.6. The molecule has 0 unspecified atom stereocenters. The first-order valence-corrected chi connectivity index (χ1v) is 18.3. The van der Waals surface area contributed by atoms with Crippen molar-refractivity contribution in [3.8, 4) is 28.5 Å². The van der Waals surface area contributed by atoms with Crippen molar-refractivity contribution in [2.45, 2.75) is 64.6 Å². The summed E-state index contributed by atoms with van der Waals surface area (Å²) in [5, 5.41) is 33.3. The Morgan fingerprint density at radius 1 is 1.05 bits per heavy atom. The number of methoxy groups -OCH3 is 1. The van der Waals surface area contributed by atoms with Gasteiger partial charge in [0.1, 0.15) is 29.9 Å². The molecule has 0 fully saturated rings. The highest BCUT2D eigenvalue weighted by Gasteiger charge is 2.22. The Bertz CT molecular complexity index is 2080. The van der Waals surface area contributed by atoms with Crippen LogP contribution in [0.1, 0.15) is 65.2 Å². The molecule has 1 atom stereocenters. The van der Waals surface area contributed by atoms with E-state index in [1.165, 1.54) is 6.07 Å². The van der Waals surface area contributed by atoms with Crippen LogP contribution in [0.5, 0.6) is 17.2 Å². The van der Waals surface area contributed by atoms with Gasteiger partial charge < -0.3 is 46.7 Å². The minimum absolute atomic E-state index is 0.00927. The van der Waals surface area contributed by atoms with Crippen LogP contribution in [0.15, 0.2) is 71.4 Å². The second-order valence-corrected chi connectivity index (χ2v) is 13.3. The average Bonchev–Trinajstić information content (AvgIpc) is 3.80. The maximum Gasteiger partial charge on any atom is 0.336 e. The Kier molecular flexibility index (Phi) is 15.7. The van der Waals surface area contributed by atoms with E-state index in [1.54, 1.807) is 55.8 Å². The smallest absolute Gasteiger partial charge is 0.336 e. The Labute approximate surface area is 329 Å². The van der Waals surface area contributed by atoms with Crippen molar-refractivity contribution in [2.24, 2.45) is 22.2 Å². The van der Waals surface area contributed by atoms with Gasteiger partial charge in [0.25, 0.3) is 0 Å². The first-order chi connectivity index (χ1) is 26.8. The molecule has 1 aliphatic rings. The van der Waals surface area contributed by atoms with Crippen LogP contribution in [0.3, 0.4) is 0 Å². The van der Waals surface area contributed by atoms with Gasteiger partial charge in [0.15, 0.2) is 5.96 Å². The number of fused-ring (bicyclic) bond motifs is 1. The number of unbranched alkanes of at least 4 members (excludes halogenated alkanes) is 1. The van der Waals surface area contributed by atoms with Gasteiger partial charge in [-0.2, -0.15) is 5.10 Å². The van der Waals surface area contributed by atoms with Gasteiger partial charge >= 0.3 is 17.9 Å². The van der Waals surface area contributed by atoms with Crippen molar-refractivity contribution in [1.29, 1.82) is 0 Å². The van der Waals surface area contributed by atoms with E-state index in [1.807, 2.05) is 16.8 Å². The number of carboxylic acids is 3. The molecule has 0 amide bonds. The summed E-state index contributed by atoms with van der Waals surface area (Å²) in [6.07, 6.45) is 6.89. The van der Waals surface area contributed by atoms with E-state index < -0.39 is 23.9 Å². The number of benzene rings is 3. The number of aliphatic imine (C=N–C) groups is 1. The van der Waals surface area contributed by atoms with Crippen LogP contribution < -0.4 is 31.4 Å². The van der Waals surface area contributed by atoms with Crippen molar-refractivity contribution in [3.63, 3.8) is 0 Å². The van der Waals surface area contributed by atoms with Crippen LogP contribution >= 0.6 is 11.6 Å². The number of carbonyl (C=O) groups is 3. The highest BCUT2D eigenvalue weighted by Crippen LogP contribution is 2.38. The molecular formula is C40H47ClN6O9. The van der Waals surface area contributed by atoms with Gasteiger partial charge in [-0.05, 0) is 61.7 Å². The van der Waals surface area contributed by atoms with E-state index in [4.69, 9.17) is 48.1 Å². The average molecular weight is 791 g/mol. The molecule has 1 aromatic heterocycles. The molecule has 0 spiro atoms. The van der Waals surface area contributed by atoms with E-state index >= 15 is 0 Å². The van der Waals surface area contributed by atoms with E-state index in [-0.39, 0.29) is 30.1 Å². The summed E-state index contributed by atoms with van der Waals surface area (Å²) in [6, 6.07) is 14.8. The monoisotopic (exact) mass is 790 g/mol. The maximum atomic E-state index is 12.6. The number of nitrogens with zero attached hydrogens (tertiary/aromatic N) is 3. The molecule has 4 aromatic rings. The lowest BCUT2D eigenvalue weighted by molar-refractivity contribution is -0.138. The van der Waals surface area contributed by atoms with Gasteiger partial charge in [-0.25, -0.2) is 9.59 Å². The van der Waals surface area contributed by atoms with Crippen LogP contribution in [-0.4, -0.2) is 75.3 Å². The first-order valence-electron chi connectivity index (χ1n) is 17.9. The molecule has 0 radical (unpaired) electrons. The molecule has 15 nitrogen and oxygen atoms in total. The topological polar surface area (TPSA) is 248 Å². The molecule has 1 aliphatic heterocycles. The lowest BCUT2D eigenvalue weighted by atomic mass is 9.98. The fourth-order valence-corrected chi connectivity index (χ4v) is 6.06. The van der Waals surface area contributed by atoms with Crippen molar-refractivity contribution < 1.29 is 43.9 Å². The highest BCUT2D eigenvalue weighted by molar-refractivity contribution is 6.30. The number of hydrogen-bond donors (Lipinski definition) is 6. The standard InChI is InChI=1S/C34H33ClN2O7.C6H14N4O2/c1-3-4-12-37-32(28-10-9-26(35)18-31(28)44-20-22-7-5-6-8-27(22)34(40)41)25(19-36-37)15-24(33(38)39)14-23-17-30-21(11-13-43-30)16-29(23)42-2;7-4(5(11)12)2-1-3-10-6(8)9/h5-10,15-19H,3-4,11-14,20H2,1-2H3,(H,38,39)(H,40,41);4H,1-3,7H2,(H,11,12)(H4,8,9,10)/b24-15+;/t;4-/m.0/s1. The van der Waals surface area contributed by atoms with Crippen LogP contribution in [0.4, 0.5) is 0 Å². The third-order valence-corrected chi connectivity index (χ3v) is 9.02. The van der Waals surface area contributed by atoms with E-state index in [9.17, 15) is 24.6 Å². The Morgan fingerprint density at radius 2 is 1.82 bits per heavy atom. The lowest BCUT2D eigenvalue weighted by Crippen LogP contribution is -2.30. The van der Waals surface area contributed by atoms with Gasteiger partial charge in [-0.3, -0.25) is 14.5 Å². The van der Waals surface area contributed by atoms with Gasteiger partial charge in [0.05, 0.1) is 31.2 Å². The molecule has 0 aliphatic carbocycles. The summed E-state index contributed by atoms with van der Waals surface area (Å²) in [5.41, 5.74) is 19.8. The predicted octanol–water partition coefficient (Wildman–Crippen LogP) is 5.39.